The first-order chi connectivity index (χ1) is 17.9. The van der Waals surface area contributed by atoms with Gasteiger partial charge >= 0.3 is 6.03 Å². The lowest BCUT2D eigenvalue weighted by molar-refractivity contribution is 0.244. The molecule has 1 aliphatic rings. The number of halogens is 1. The molecule has 3 aromatic carbocycles. The normalized spacial score (nSPS) is 15.6. The number of carbonyl (C=O) groups is 1. The second kappa shape index (κ2) is 9.89. The Kier molecular flexibility index (Phi) is 6.48. The number of anilines is 1. The third-order valence-corrected chi connectivity index (χ3v) is 6.38. The Morgan fingerprint density at radius 1 is 1.03 bits per heavy atom. The molecule has 0 aliphatic carbocycles. The Bertz CT molecular complexity index is 1480. The highest BCUT2D eigenvalue weighted by atomic mass is 19.1. The highest BCUT2D eigenvalue weighted by Gasteiger charge is 2.36. The Morgan fingerprint density at radius 3 is 2.43 bits per heavy atom. The number of aryl methyl sites for hydroxylation is 2. The molecule has 1 aliphatic heterocycles. The standard InChI is InChI=1S/C29H27FN4O3/c1-5-36-23-13-10-20(11-14-23)26-25(28-32-27(33-37-28)21-8-6-17(2)7-9-21)19(4)34(29(35)31-26)22-12-15-24(30)18(3)16-22/h6-16,26H,5H2,1-4H3,(H,31,35). The summed E-state index contributed by atoms with van der Waals surface area (Å²) in [5.74, 6) is 1.13. The number of aromatic nitrogens is 2. The molecule has 1 N–H and O–H groups in total. The first kappa shape index (κ1) is 24.2. The van der Waals surface area contributed by atoms with Crippen LogP contribution < -0.4 is 15.0 Å². The molecule has 0 saturated carbocycles. The lowest BCUT2D eigenvalue weighted by atomic mass is 9.94. The molecule has 2 amide bonds. The summed E-state index contributed by atoms with van der Waals surface area (Å²) in [4.78, 5) is 19.6. The van der Waals surface area contributed by atoms with Gasteiger partial charge in [0, 0.05) is 11.3 Å². The van der Waals surface area contributed by atoms with Gasteiger partial charge < -0.3 is 14.6 Å². The first-order valence-electron chi connectivity index (χ1n) is 12.1. The molecule has 0 bridgehead atoms. The van der Waals surface area contributed by atoms with Crippen LogP contribution in [0.3, 0.4) is 0 Å². The monoisotopic (exact) mass is 498 g/mol. The zero-order valence-corrected chi connectivity index (χ0v) is 21.1. The molecular formula is C29H27FN4O3. The fourth-order valence-electron chi connectivity index (χ4n) is 4.42. The number of amides is 2. The molecule has 5 rings (SSSR count). The van der Waals surface area contributed by atoms with Gasteiger partial charge in [-0.1, -0.05) is 47.1 Å². The van der Waals surface area contributed by atoms with Crippen LogP contribution in [0.4, 0.5) is 14.9 Å². The van der Waals surface area contributed by atoms with Gasteiger partial charge in [0.2, 0.25) is 5.82 Å². The van der Waals surface area contributed by atoms with Gasteiger partial charge in [-0.2, -0.15) is 4.98 Å². The van der Waals surface area contributed by atoms with Crippen molar-refractivity contribution in [1.82, 2.24) is 15.5 Å². The molecule has 1 atom stereocenters. The smallest absolute Gasteiger partial charge is 0.326 e. The van der Waals surface area contributed by atoms with Gasteiger partial charge in [-0.05, 0) is 69.2 Å². The van der Waals surface area contributed by atoms with Gasteiger partial charge in [-0.15, -0.1) is 0 Å². The molecule has 2 heterocycles. The van der Waals surface area contributed by atoms with Crippen LogP contribution in [0.25, 0.3) is 17.0 Å². The Morgan fingerprint density at radius 2 is 1.76 bits per heavy atom. The van der Waals surface area contributed by atoms with Crippen molar-refractivity contribution in [2.24, 2.45) is 0 Å². The average Bonchev–Trinajstić information content (AvgIpc) is 3.36. The summed E-state index contributed by atoms with van der Waals surface area (Å²) < 4.78 is 25.3. The van der Waals surface area contributed by atoms with E-state index in [4.69, 9.17) is 14.2 Å². The number of carbonyl (C=O) groups excluding carboxylic acids is 1. The summed E-state index contributed by atoms with van der Waals surface area (Å²) in [5.41, 5.74) is 5.01. The predicted molar refractivity (Wildman–Crippen MR) is 140 cm³/mol. The van der Waals surface area contributed by atoms with E-state index in [0.29, 0.717) is 35.0 Å². The Balaban J connectivity index is 1.63. The molecule has 8 heteroatoms. The quantitative estimate of drug-likeness (QED) is 0.324. The summed E-state index contributed by atoms with van der Waals surface area (Å²) in [7, 11) is 0. The van der Waals surface area contributed by atoms with E-state index >= 15 is 0 Å². The zero-order chi connectivity index (χ0) is 26.1. The molecule has 0 fully saturated rings. The number of ether oxygens (including phenoxy) is 1. The number of rotatable bonds is 6. The van der Waals surface area contributed by atoms with Crippen LogP contribution in [0.15, 0.2) is 77.0 Å². The summed E-state index contributed by atoms with van der Waals surface area (Å²) in [6.07, 6.45) is 0. The van der Waals surface area contributed by atoms with Crippen molar-refractivity contribution in [3.05, 3.63) is 101 Å². The van der Waals surface area contributed by atoms with Gasteiger partial charge in [0.15, 0.2) is 0 Å². The van der Waals surface area contributed by atoms with Crippen LogP contribution in [0.5, 0.6) is 5.75 Å². The van der Waals surface area contributed by atoms with Crippen molar-refractivity contribution in [1.29, 1.82) is 0 Å². The van der Waals surface area contributed by atoms with Crippen LogP contribution in [0, 0.1) is 19.7 Å². The van der Waals surface area contributed by atoms with Gasteiger partial charge in [-0.25, -0.2) is 9.18 Å². The lowest BCUT2D eigenvalue weighted by Gasteiger charge is -2.35. The maximum Gasteiger partial charge on any atom is 0.326 e. The third-order valence-electron chi connectivity index (χ3n) is 6.38. The highest BCUT2D eigenvalue weighted by molar-refractivity contribution is 6.01. The fraction of sp³-hybridized carbons (Fsp3) is 0.207. The van der Waals surface area contributed by atoms with Crippen LogP contribution in [0.2, 0.25) is 0 Å². The van der Waals surface area contributed by atoms with E-state index in [2.05, 4.69) is 10.5 Å². The van der Waals surface area contributed by atoms with E-state index in [1.165, 1.54) is 11.0 Å². The average molecular weight is 499 g/mol. The first-order valence-corrected chi connectivity index (χ1v) is 12.1. The summed E-state index contributed by atoms with van der Waals surface area (Å²) >= 11 is 0. The van der Waals surface area contributed by atoms with E-state index in [9.17, 15) is 9.18 Å². The van der Waals surface area contributed by atoms with Gasteiger partial charge in [0.25, 0.3) is 5.89 Å². The van der Waals surface area contributed by atoms with Crippen molar-refractivity contribution in [3.8, 4) is 17.1 Å². The van der Waals surface area contributed by atoms with E-state index < -0.39 is 6.04 Å². The SMILES string of the molecule is CCOc1ccc(C2NC(=O)N(c3ccc(F)c(C)c3)C(C)=C2c2nc(-c3ccc(C)cc3)no2)cc1. The molecule has 37 heavy (non-hydrogen) atoms. The molecule has 4 aromatic rings. The van der Waals surface area contributed by atoms with Crippen molar-refractivity contribution in [2.45, 2.75) is 33.7 Å². The van der Waals surface area contributed by atoms with E-state index in [1.807, 2.05) is 69.3 Å². The molecule has 1 aromatic heterocycles. The topological polar surface area (TPSA) is 80.5 Å². The van der Waals surface area contributed by atoms with E-state index in [0.717, 1.165) is 22.4 Å². The fourth-order valence-corrected chi connectivity index (χ4v) is 4.42. The molecule has 0 saturated heterocycles. The summed E-state index contributed by atoms with van der Waals surface area (Å²) in [5, 5.41) is 7.28. The number of nitrogens with zero attached hydrogens (tertiary/aromatic N) is 3. The maximum absolute atomic E-state index is 14.0. The maximum atomic E-state index is 14.0. The molecular weight excluding hydrogens is 471 g/mol. The van der Waals surface area contributed by atoms with Gasteiger partial charge in [0.1, 0.15) is 11.6 Å². The number of nitrogens with one attached hydrogen (secondary N) is 1. The minimum atomic E-state index is -0.549. The number of allylic oxidation sites excluding steroid dienone is 1. The number of benzene rings is 3. The van der Waals surface area contributed by atoms with Crippen molar-refractivity contribution in [3.63, 3.8) is 0 Å². The van der Waals surface area contributed by atoms with Crippen molar-refractivity contribution >= 4 is 17.3 Å². The second-order valence-electron chi connectivity index (χ2n) is 8.94. The highest BCUT2D eigenvalue weighted by Crippen LogP contribution is 2.39. The minimum Gasteiger partial charge on any atom is -0.494 e. The molecule has 0 spiro atoms. The number of hydrogen-bond acceptors (Lipinski definition) is 5. The van der Waals surface area contributed by atoms with Gasteiger partial charge in [-0.3, -0.25) is 4.90 Å². The molecule has 188 valence electrons. The number of hydrogen-bond donors (Lipinski definition) is 1. The van der Waals surface area contributed by atoms with Crippen LogP contribution in [0.1, 0.15) is 42.5 Å². The Hall–Kier alpha value is -4.46. The largest absolute Gasteiger partial charge is 0.494 e. The molecule has 0 radical (unpaired) electrons. The summed E-state index contributed by atoms with van der Waals surface area (Å²) in [6.45, 7) is 7.98. The second-order valence-corrected chi connectivity index (χ2v) is 8.94. The minimum absolute atomic E-state index is 0.288. The van der Waals surface area contributed by atoms with E-state index in [-0.39, 0.29) is 17.7 Å². The van der Waals surface area contributed by atoms with Crippen LogP contribution in [-0.4, -0.2) is 22.8 Å². The van der Waals surface area contributed by atoms with E-state index in [1.54, 1.807) is 19.1 Å². The van der Waals surface area contributed by atoms with Crippen molar-refractivity contribution in [2.75, 3.05) is 11.5 Å². The van der Waals surface area contributed by atoms with Crippen LogP contribution in [-0.2, 0) is 0 Å². The molecule has 1 unspecified atom stereocenters. The van der Waals surface area contributed by atoms with Gasteiger partial charge in [0.05, 0.1) is 23.9 Å². The number of urea groups is 1. The third kappa shape index (κ3) is 4.70. The van der Waals surface area contributed by atoms with Crippen LogP contribution >= 0.6 is 0 Å². The molecule has 7 nitrogen and oxygen atoms in total. The Labute approximate surface area is 214 Å². The van der Waals surface area contributed by atoms with Crippen molar-refractivity contribution < 1.29 is 18.4 Å². The summed E-state index contributed by atoms with van der Waals surface area (Å²) in [6, 6.07) is 19.0. The zero-order valence-electron chi connectivity index (χ0n) is 21.1. The predicted octanol–water partition coefficient (Wildman–Crippen LogP) is 6.59. The lowest BCUT2D eigenvalue weighted by Crippen LogP contribution is -2.46.